The number of methoxy groups -OCH3 is 2. The van der Waals surface area contributed by atoms with Crippen molar-refractivity contribution in [2.75, 3.05) is 96.8 Å². The molecule has 0 radical (unpaired) electrons. The highest BCUT2D eigenvalue weighted by Gasteiger charge is 2.51. The van der Waals surface area contributed by atoms with Gasteiger partial charge in [-0.1, -0.05) is 163 Å². The Kier molecular flexibility index (Phi) is 42.2. The molecule has 8 saturated carbocycles. The van der Waals surface area contributed by atoms with Crippen LogP contribution in [0.5, 0.6) is 5.75 Å². The van der Waals surface area contributed by atoms with Gasteiger partial charge >= 0.3 is 47.9 Å². The molecular weight excluding hydrogens is 1780 g/mol. The van der Waals surface area contributed by atoms with Gasteiger partial charge in [-0.3, -0.25) is 4.98 Å². The van der Waals surface area contributed by atoms with Gasteiger partial charge in [0.15, 0.2) is 0 Å². The Bertz CT molecular complexity index is 5460. The first kappa shape index (κ1) is 107. The monoisotopic (exact) mass is 1930 g/mol. The maximum absolute atomic E-state index is 12.2. The lowest BCUT2D eigenvalue weighted by Gasteiger charge is -2.57. The van der Waals surface area contributed by atoms with Crippen molar-refractivity contribution in [3.05, 3.63) is 261 Å². The number of nitrogen functional groups attached to an aromatic ring is 1. The Hall–Kier alpha value is -13.1. The summed E-state index contributed by atoms with van der Waals surface area (Å²) in [4.78, 5) is 99.8. The van der Waals surface area contributed by atoms with Crippen LogP contribution in [0.15, 0.2) is 188 Å². The number of benzene rings is 8. The Balaban J connectivity index is 0.000000158. The molecule has 9 aromatic rings. The van der Waals surface area contributed by atoms with E-state index in [0.29, 0.717) is 140 Å². The van der Waals surface area contributed by atoms with Crippen LogP contribution in [0.25, 0.3) is 0 Å². The molecule has 8 aromatic carbocycles. The number of nitrogens with two attached hydrogens (primary N) is 1. The van der Waals surface area contributed by atoms with Crippen molar-refractivity contribution < 1.29 is 81.0 Å². The molecule has 8 fully saturated rings. The van der Waals surface area contributed by atoms with Crippen molar-refractivity contribution in [3.8, 4) is 5.75 Å². The number of hydrogen-bond donors (Lipinski definition) is 8. The number of pyridine rings is 1. The number of nitrogens with one attached hydrogen (secondary N) is 7. The summed E-state index contributed by atoms with van der Waals surface area (Å²) in [5.41, 5.74) is 24.2. The first-order chi connectivity index (χ1) is 68.6. The second-order valence-electron chi connectivity index (χ2n) is 38.0. The van der Waals surface area contributed by atoms with E-state index in [1.807, 2.05) is 123 Å². The summed E-state index contributed by atoms with van der Waals surface area (Å²) < 4.78 is 44.9. The molecule has 0 aliphatic heterocycles. The molecule has 0 spiro atoms. The Morgan fingerprint density at radius 3 is 1.04 bits per heavy atom. The average molecular weight is 1930 g/mol. The van der Waals surface area contributed by atoms with Crippen molar-refractivity contribution in [3.63, 3.8) is 0 Å². The Morgan fingerprint density at radius 1 is 0.340 bits per heavy atom. The summed E-state index contributed by atoms with van der Waals surface area (Å²) in [6, 6.07) is 57.8. The second kappa shape index (κ2) is 55.8. The third-order valence-electron chi connectivity index (χ3n) is 27.5. The minimum absolute atomic E-state index is 0.277. The quantitative estimate of drug-likeness (QED) is 0.00782. The third-order valence-corrected chi connectivity index (χ3v) is 27.5. The summed E-state index contributed by atoms with van der Waals surface area (Å²) in [6.45, 7) is 15.4. The van der Waals surface area contributed by atoms with E-state index in [9.17, 15) is 38.4 Å². The van der Waals surface area contributed by atoms with Gasteiger partial charge in [-0.25, -0.2) is 38.4 Å². The van der Waals surface area contributed by atoms with E-state index in [1.165, 1.54) is 154 Å². The topological polar surface area (TPSA) is 343 Å². The number of hydrogen-bond acceptors (Lipinski definition) is 26. The highest BCUT2D eigenvalue weighted by atomic mass is 16.7. The second-order valence-corrected chi connectivity index (χ2v) is 38.0. The summed E-state index contributed by atoms with van der Waals surface area (Å²) >= 11 is 0. The van der Waals surface area contributed by atoms with Gasteiger partial charge in [-0.2, -0.15) is 0 Å². The molecule has 141 heavy (non-hydrogen) atoms. The number of rotatable bonds is 36. The molecule has 0 amide bonds. The molecular formula is C115H147N9O17. The van der Waals surface area contributed by atoms with Crippen LogP contribution in [-0.2, 0) is 76.9 Å². The number of aromatic nitrogens is 1. The molecule has 17 rings (SSSR count). The fourth-order valence-corrected chi connectivity index (χ4v) is 20.7. The maximum Gasteiger partial charge on any atom is 0.513 e. The fraction of sp³-hybridized carbons (Fsp3) is 0.470. The highest BCUT2D eigenvalue weighted by molar-refractivity contribution is 5.95. The molecule has 26 nitrogen and oxygen atoms in total. The van der Waals surface area contributed by atoms with Gasteiger partial charge in [0.1, 0.15) is 5.75 Å². The number of esters is 7. The first-order valence-electron chi connectivity index (χ1n) is 51.3. The van der Waals surface area contributed by atoms with Crippen LogP contribution in [0.3, 0.4) is 0 Å². The fourth-order valence-electron chi connectivity index (χ4n) is 20.7. The van der Waals surface area contributed by atoms with Gasteiger partial charge < -0.3 is 85.6 Å². The van der Waals surface area contributed by atoms with Crippen molar-refractivity contribution in [1.29, 1.82) is 0 Å². The lowest BCUT2D eigenvalue weighted by Crippen LogP contribution is -2.47. The molecule has 4 bridgehead atoms. The van der Waals surface area contributed by atoms with E-state index in [1.54, 1.807) is 88.5 Å². The summed E-state index contributed by atoms with van der Waals surface area (Å²) in [6.07, 6.45) is 36.4. The van der Waals surface area contributed by atoms with Crippen molar-refractivity contribution in [2.24, 2.45) is 29.1 Å². The van der Waals surface area contributed by atoms with E-state index in [4.69, 9.17) is 43.6 Å². The van der Waals surface area contributed by atoms with E-state index >= 15 is 0 Å². The zero-order valence-corrected chi connectivity index (χ0v) is 83.8. The molecule has 754 valence electrons. The average Bonchev–Trinajstić information content (AvgIpc) is 0.744. The molecule has 9 N–H and O–H groups in total. The van der Waals surface area contributed by atoms with Crippen LogP contribution < -0.4 is 47.7 Å². The smallest absolute Gasteiger partial charge is 0.465 e. The molecule has 8 aliphatic rings. The van der Waals surface area contributed by atoms with Gasteiger partial charge in [0.2, 0.25) is 0 Å². The number of carbonyl (C=O) groups excluding carboxylic acids is 8. The predicted octanol–water partition coefficient (Wildman–Crippen LogP) is 25.0. The molecule has 0 atom stereocenters. The zero-order chi connectivity index (χ0) is 99.7. The normalized spacial score (nSPS) is 17.5. The molecule has 0 saturated heterocycles. The zero-order valence-electron chi connectivity index (χ0n) is 83.8. The SMILES string of the molecule is CCOC(=O)c1ccc(CC23CC4CC(CC(C4)C2)C3)c(N)c1.CCOC(=O)c1ccc(CNc2cc(C(=O)OCC)ccc2NC2CCCCC2)cc1.CCOC(=O)c1ccc(NC2CCCCC2)c(NCc2ccc(C(=O)OC)cc2)c1.CCOC(=O)c1ccc(NC2CCCCC2)c(NCc2ccc(OC(=O)OC)cc2)c1.CCOC(=O)c1cnc(CC2CCCCC2)c(NCc2ccccc2)c1. The lowest BCUT2D eigenvalue weighted by atomic mass is 9.48. The van der Waals surface area contributed by atoms with Gasteiger partial charge in [-0.15, -0.1) is 0 Å². The van der Waals surface area contributed by atoms with E-state index in [0.717, 1.165) is 137 Å². The van der Waals surface area contributed by atoms with Crippen LogP contribution in [0, 0.1) is 29.1 Å². The number of carbonyl (C=O) groups is 8. The summed E-state index contributed by atoms with van der Waals surface area (Å²) in [5.74, 6) is 1.75. The predicted molar refractivity (Wildman–Crippen MR) is 556 cm³/mol. The summed E-state index contributed by atoms with van der Waals surface area (Å²) in [5, 5.41) is 24.7. The molecule has 8 aliphatic carbocycles. The van der Waals surface area contributed by atoms with E-state index in [2.05, 4.69) is 65.1 Å². The van der Waals surface area contributed by atoms with Crippen LogP contribution in [0.4, 0.5) is 50.3 Å². The third kappa shape index (κ3) is 33.3. The van der Waals surface area contributed by atoms with Crippen molar-refractivity contribution in [1.82, 2.24) is 4.98 Å². The van der Waals surface area contributed by atoms with Gasteiger partial charge in [0.05, 0.1) is 138 Å². The minimum Gasteiger partial charge on any atom is -0.465 e. The van der Waals surface area contributed by atoms with E-state index in [-0.39, 0.29) is 41.8 Å². The largest absolute Gasteiger partial charge is 0.513 e. The first-order valence-corrected chi connectivity index (χ1v) is 51.3. The maximum atomic E-state index is 12.2. The van der Waals surface area contributed by atoms with E-state index < -0.39 is 6.16 Å². The number of anilines is 8. The van der Waals surface area contributed by atoms with Crippen LogP contribution in [0.2, 0.25) is 0 Å². The van der Waals surface area contributed by atoms with Gasteiger partial charge in [0, 0.05) is 56.2 Å². The van der Waals surface area contributed by atoms with Crippen LogP contribution in [0.1, 0.15) is 315 Å². The summed E-state index contributed by atoms with van der Waals surface area (Å²) in [7, 11) is 2.64. The Labute approximate surface area is 832 Å². The van der Waals surface area contributed by atoms with Gasteiger partial charge in [-0.05, 0) is 298 Å². The molecule has 1 heterocycles. The standard InChI is InChI=1S/C25H32N2O4.C24H30N2O5.C24H30N2O4.C22H28N2O2.C20H27NO2/c1-3-30-24(28)19-12-10-18(11-13-19)17-26-23-16-20(25(29)31-4-2)14-15-22(23)27-21-8-6-5-7-9-21;1-3-30-23(27)18-11-14-21(26-19-7-5-4-6-8-19)22(15-18)25-16-17-9-12-20(13-10-17)31-24(28)29-2;1-3-30-24(28)19-13-14-21(26-20-7-5-4-6-8-20)22(15-19)25-16-17-9-11-18(12-10-17)23(27)29-2;1-2-26-22(25)19-14-21(23-15-18-11-7-4-8-12-18)20(24-16-19)13-17-9-5-3-6-10-17;1-2-23-19(22)16-3-4-17(18(21)8-16)12-20-9-13-5-14(10-20)7-15(6-13)11-20/h10-16,21,26-27H,3-9,17H2,1-2H3;9-15,19,25-26H,3-8,16H2,1-2H3;9-15,20,25-26H,3-8,16H2,1-2H3;4,7-8,11-12,14,16-17,23H,2-3,5-6,9-10,13,15H2,1H3;3-4,8,13-15H,2,5-7,9-12,21H2,1H3. The van der Waals surface area contributed by atoms with Gasteiger partial charge in [0.25, 0.3) is 0 Å². The molecule has 26 heteroatoms. The Morgan fingerprint density at radius 2 is 0.667 bits per heavy atom. The highest BCUT2D eigenvalue weighted by Crippen LogP contribution is 2.61. The van der Waals surface area contributed by atoms with Crippen LogP contribution >= 0.6 is 0 Å². The lowest BCUT2D eigenvalue weighted by molar-refractivity contribution is -0.0521. The number of nitrogens with zero attached hydrogens (tertiary/aromatic N) is 1. The molecule has 1 aromatic heterocycles. The number of ether oxygens (including phenoxy) is 9. The van der Waals surface area contributed by atoms with Crippen molar-refractivity contribution >= 4 is 93.4 Å². The molecule has 0 unspecified atom stereocenters. The van der Waals surface area contributed by atoms with Crippen LogP contribution in [-0.4, -0.2) is 125 Å². The van der Waals surface area contributed by atoms with Crippen molar-refractivity contribution in [2.45, 2.75) is 266 Å². The minimum atomic E-state index is -0.750.